The van der Waals surface area contributed by atoms with Crippen LogP contribution in [0.3, 0.4) is 0 Å². The van der Waals surface area contributed by atoms with Gasteiger partial charge < -0.3 is 5.11 Å². The highest BCUT2D eigenvalue weighted by molar-refractivity contribution is 9.10. The van der Waals surface area contributed by atoms with Crippen LogP contribution in [-0.4, -0.2) is 10.7 Å². The zero-order chi connectivity index (χ0) is 16.2. The Hall–Kier alpha value is -0.900. The van der Waals surface area contributed by atoms with Gasteiger partial charge in [-0.05, 0) is 61.1 Å². The van der Waals surface area contributed by atoms with Crippen LogP contribution in [0.1, 0.15) is 18.1 Å². The van der Waals surface area contributed by atoms with Gasteiger partial charge in [0.25, 0.3) is 0 Å². The molecule has 0 saturated carbocycles. The minimum atomic E-state index is -0.903. The largest absolute Gasteiger partial charge is 0.386 e. The van der Waals surface area contributed by atoms with Gasteiger partial charge in [0.05, 0.1) is 5.60 Å². The first kappa shape index (κ1) is 17.5. The number of hydrogen-bond donors (Lipinski definition) is 1. The van der Waals surface area contributed by atoms with Gasteiger partial charge in [-0.25, -0.2) is 0 Å². The maximum Gasteiger partial charge on any atom is 0.0831 e. The molecular formula is C19H20Br2O. The quantitative estimate of drug-likeness (QED) is 0.603. The summed E-state index contributed by atoms with van der Waals surface area (Å²) in [4.78, 5) is 0. The Kier molecular flexibility index (Phi) is 6.01. The van der Waals surface area contributed by atoms with Crippen LogP contribution in [0.5, 0.6) is 0 Å². The summed E-state index contributed by atoms with van der Waals surface area (Å²) >= 11 is 6.91. The predicted molar refractivity (Wildman–Crippen MR) is 100 cm³/mol. The third kappa shape index (κ3) is 4.80. The highest BCUT2D eigenvalue weighted by atomic mass is 79.9. The fourth-order valence-electron chi connectivity index (χ4n) is 2.46. The molecule has 0 fully saturated rings. The molecule has 1 unspecified atom stereocenters. The molecule has 22 heavy (non-hydrogen) atoms. The second kappa shape index (κ2) is 7.58. The molecule has 0 aromatic heterocycles. The second-order valence-corrected chi connectivity index (χ2v) is 7.62. The summed E-state index contributed by atoms with van der Waals surface area (Å²) in [6.45, 7) is 5.64. The lowest BCUT2D eigenvalue weighted by atomic mass is 9.80. The molecule has 0 radical (unpaired) electrons. The van der Waals surface area contributed by atoms with Crippen LogP contribution in [-0.2, 0) is 12.8 Å². The molecule has 0 heterocycles. The van der Waals surface area contributed by atoms with E-state index in [1.807, 2.05) is 31.2 Å². The van der Waals surface area contributed by atoms with E-state index in [9.17, 15) is 5.11 Å². The molecule has 0 aliphatic carbocycles. The van der Waals surface area contributed by atoms with E-state index in [2.05, 4.69) is 62.7 Å². The summed E-state index contributed by atoms with van der Waals surface area (Å²) in [5.41, 5.74) is 1.53. The van der Waals surface area contributed by atoms with Gasteiger partial charge >= 0.3 is 0 Å². The lowest BCUT2D eigenvalue weighted by Crippen LogP contribution is -2.35. The Labute approximate surface area is 149 Å². The number of rotatable bonds is 6. The van der Waals surface area contributed by atoms with E-state index >= 15 is 0 Å². The minimum Gasteiger partial charge on any atom is -0.386 e. The monoisotopic (exact) mass is 422 g/mol. The van der Waals surface area contributed by atoms with Crippen LogP contribution in [0.4, 0.5) is 0 Å². The summed E-state index contributed by atoms with van der Waals surface area (Å²) in [5.74, 6) is 0.0763. The summed E-state index contributed by atoms with van der Waals surface area (Å²) in [7, 11) is 0. The summed E-state index contributed by atoms with van der Waals surface area (Å²) in [6.07, 6.45) is 3.26. The standard InChI is InChI=1S/C19H20Br2O/c1-3-19(2,22)16(12-14-4-8-17(20)9-5-14)13-15-6-10-18(21)11-7-15/h3-11,16,22H,1,12-13H2,2H3. The Balaban J connectivity index is 2.21. The topological polar surface area (TPSA) is 20.2 Å². The smallest absolute Gasteiger partial charge is 0.0831 e. The first-order chi connectivity index (χ1) is 10.4. The molecule has 0 aliphatic heterocycles. The predicted octanol–water partition coefficient (Wildman–Crippen LogP) is 5.55. The van der Waals surface area contributed by atoms with Gasteiger partial charge in [-0.3, -0.25) is 0 Å². The summed E-state index contributed by atoms with van der Waals surface area (Å²) in [6, 6.07) is 16.5. The van der Waals surface area contributed by atoms with E-state index in [0.29, 0.717) is 0 Å². The van der Waals surface area contributed by atoms with Crippen molar-refractivity contribution in [3.63, 3.8) is 0 Å². The van der Waals surface area contributed by atoms with Gasteiger partial charge in [0.1, 0.15) is 0 Å². The number of hydrogen-bond acceptors (Lipinski definition) is 1. The Morgan fingerprint density at radius 1 is 0.955 bits per heavy atom. The Bertz CT molecular complexity index is 567. The minimum absolute atomic E-state index is 0.0763. The molecule has 0 spiro atoms. The molecule has 116 valence electrons. The molecule has 0 saturated heterocycles. The van der Waals surface area contributed by atoms with Gasteiger partial charge in [-0.2, -0.15) is 0 Å². The highest BCUT2D eigenvalue weighted by Crippen LogP contribution is 2.28. The normalized spacial score (nSPS) is 13.9. The van der Waals surface area contributed by atoms with E-state index in [-0.39, 0.29) is 5.92 Å². The molecule has 2 aromatic rings. The molecule has 3 heteroatoms. The summed E-state index contributed by atoms with van der Waals surface area (Å²) < 4.78 is 2.13. The van der Waals surface area contributed by atoms with Gasteiger partial charge in [-0.15, -0.1) is 6.58 Å². The van der Waals surface area contributed by atoms with Crippen LogP contribution >= 0.6 is 31.9 Å². The number of halogens is 2. The van der Waals surface area contributed by atoms with E-state index in [1.54, 1.807) is 6.08 Å². The van der Waals surface area contributed by atoms with Gasteiger partial charge in [0.2, 0.25) is 0 Å². The zero-order valence-corrected chi connectivity index (χ0v) is 15.8. The van der Waals surface area contributed by atoms with Crippen molar-refractivity contribution in [3.05, 3.63) is 81.3 Å². The molecule has 0 amide bonds. The molecule has 0 bridgehead atoms. The van der Waals surface area contributed by atoms with Crippen molar-refractivity contribution in [1.29, 1.82) is 0 Å². The Morgan fingerprint density at radius 2 is 1.32 bits per heavy atom. The van der Waals surface area contributed by atoms with Crippen LogP contribution in [0.2, 0.25) is 0 Å². The molecular weight excluding hydrogens is 404 g/mol. The van der Waals surface area contributed by atoms with Crippen molar-refractivity contribution in [2.45, 2.75) is 25.4 Å². The number of aliphatic hydroxyl groups is 1. The van der Waals surface area contributed by atoms with E-state index in [0.717, 1.165) is 21.8 Å². The zero-order valence-electron chi connectivity index (χ0n) is 12.6. The van der Waals surface area contributed by atoms with Crippen molar-refractivity contribution < 1.29 is 5.11 Å². The SMILES string of the molecule is C=CC(C)(O)C(Cc1ccc(Br)cc1)Cc1ccc(Br)cc1. The van der Waals surface area contributed by atoms with Gasteiger partial charge in [0, 0.05) is 8.95 Å². The van der Waals surface area contributed by atoms with Crippen LogP contribution in [0.15, 0.2) is 70.1 Å². The van der Waals surface area contributed by atoms with Crippen LogP contribution in [0.25, 0.3) is 0 Å². The van der Waals surface area contributed by atoms with Crippen molar-refractivity contribution in [3.8, 4) is 0 Å². The molecule has 2 aromatic carbocycles. The molecule has 1 N–H and O–H groups in total. The third-order valence-corrected chi connectivity index (χ3v) is 5.09. The Morgan fingerprint density at radius 3 is 1.64 bits per heavy atom. The summed E-state index contributed by atoms with van der Waals surface area (Å²) in [5, 5.41) is 10.7. The van der Waals surface area contributed by atoms with E-state index in [1.165, 1.54) is 11.1 Å². The van der Waals surface area contributed by atoms with Crippen molar-refractivity contribution in [2.24, 2.45) is 5.92 Å². The maximum atomic E-state index is 10.7. The van der Waals surface area contributed by atoms with E-state index in [4.69, 9.17) is 0 Å². The molecule has 1 atom stereocenters. The second-order valence-electron chi connectivity index (χ2n) is 5.79. The average Bonchev–Trinajstić information content (AvgIpc) is 2.51. The van der Waals surface area contributed by atoms with Crippen molar-refractivity contribution >= 4 is 31.9 Å². The van der Waals surface area contributed by atoms with Crippen LogP contribution < -0.4 is 0 Å². The molecule has 1 nitrogen and oxygen atoms in total. The average molecular weight is 424 g/mol. The van der Waals surface area contributed by atoms with Gasteiger partial charge in [0.15, 0.2) is 0 Å². The molecule has 2 rings (SSSR count). The number of benzene rings is 2. The first-order valence-corrected chi connectivity index (χ1v) is 8.84. The lowest BCUT2D eigenvalue weighted by Gasteiger charge is -2.30. The van der Waals surface area contributed by atoms with Crippen LogP contribution in [0, 0.1) is 5.92 Å². The molecule has 0 aliphatic rings. The first-order valence-electron chi connectivity index (χ1n) is 7.25. The highest BCUT2D eigenvalue weighted by Gasteiger charge is 2.29. The van der Waals surface area contributed by atoms with Crippen molar-refractivity contribution in [2.75, 3.05) is 0 Å². The maximum absolute atomic E-state index is 10.7. The lowest BCUT2D eigenvalue weighted by molar-refractivity contribution is 0.0463. The van der Waals surface area contributed by atoms with Gasteiger partial charge in [-0.1, -0.05) is 62.2 Å². The van der Waals surface area contributed by atoms with Crippen molar-refractivity contribution in [1.82, 2.24) is 0 Å². The fraction of sp³-hybridized carbons (Fsp3) is 0.263. The fourth-order valence-corrected chi connectivity index (χ4v) is 2.99. The van der Waals surface area contributed by atoms with E-state index < -0.39 is 5.60 Å². The third-order valence-electron chi connectivity index (χ3n) is 4.03.